The molecule has 4 nitrogen and oxygen atoms in total. The van der Waals surface area contributed by atoms with E-state index >= 15 is 0 Å². The number of likely N-dealkylation sites (tertiary alicyclic amines) is 1. The summed E-state index contributed by atoms with van der Waals surface area (Å²) >= 11 is 2.20. The van der Waals surface area contributed by atoms with Crippen molar-refractivity contribution in [2.45, 2.75) is 13.3 Å². The van der Waals surface area contributed by atoms with Crippen LogP contribution in [-0.4, -0.2) is 29.8 Å². The molecule has 2 rings (SSSR count). The SMILES string of the molecule is CC1(C(N)=O)CCN(C(=O)c2ccc(I)cc2)C1. The van der Waals surface area contributed by atoms with Gasteiger partial charge in [-0.2, -0.15) is 0 Å². The van der Waals surface area contributed by atoms with E-state index in [0.29, 0.717) is 25.1 Å². The van der Waals surface area contributed by atoms with Gasteiger partial charge in [-0.3, -0.25) is 9.59 Å². The zero-order valence-corrected chi connectivity index (χ0v) is 12.3. The summed E-state index contributed by atoms with van der Waals surface area (Å²) in [6, 6.07) is 7.42. The normalized spacial score (nSPS) is 23.1. The number of amides is 2. The number of primary amides is 1. The van der Waals surface area contributed by atoms with Crippen LogP contribution in [0.25, 0.3) is 0 Å². The van der Waals surface area contributed by atoms with Gasteiger partial charge in [0.1, 0.15) is 0 Å². The number of hydrogen-bond donors (Lipinski definition) is 1. The molecule has 5 heteroatoms. The summed E-state index contributed by atoms with van der Waals surface area (Å²) in [4.78, 5) is 25.3. The molecule has 1 saturated heterocycles. The highest BCUT2D eigenvalue weighted by Gasteiger charge is 2.40. The molecule has 1 aliphatic heterocycles. The highest BCUT2D eigenvalue weighted by Crippen LogP contribution is 2.30. The Kier molecular flexibility index (Phi) is 3.61. The summed E-state index contributed by atoms with van der Waals surface area (Å²) in [5.74, 6) is -0.364. The van der Waals surface area contributed by atoms with Crippen LogP contribution in [-0.2, 0) is 4.79 Å². The molecular weight excluding hydrogens is 343 g/mol. The van der Waals surface area contributed by atoms with Crippen molar-refractivity contribution in [3.63, 3.8) is 0 Å². The summed E-state index contributed by atoms with van der Waals surface area (Å²) in [5, 5.41) is 0. The first-order valence-electron chi connectivity index (χ1n) is 5.77. The second kappa shape index (κ2) is 4.87. The van der Waals surface area contributed by atoms with E-state index in [2.05, 4.69) is 22.6 Å². The monoisotopic (exact) mass is 358 g/mol. The average molecular weight is 358 g/mol. The topological polar surface area (TPSA) is 63.4 Å². The predicted octanol–water partition coefficient (Wildman–Crippen LogP) is 1.63. The predicted molar refractivity (Wildman–Crippen MR) is 77.0 cm³/mol. The third-order valence-electron chi connectivity index (χ3n) is 3.45. The lowest BCUT2D eigenvalue weighted by molar-refractivity contribution is -0.126. The van der Waals surface area contributed by atoms with Crippen molar-refractivity contribution in [1.29, 1.82) is 0 Å². The Hall–Kier alpha value is -1.11. The largest absolute Gasteiger partial charge is 0.369 e. The van der Waals surface area contributed by atoms with Gasteiger partial charge in [0.2, 0.25) is 5.91 Å². The third kappa shape index (κ3) is 2.50. The second-order valence-electron chi connectivity index (χ2n) is 4.91. The van der Waals surface area contributed by atoms with Gasteiger partial charge in [-0.15, -0.1) is 0 Å². The van der Waals surface area contributed by atoms with Crippen LogP contribution in [0.5, 0.6) is 0 Å². The van der Waals surface area contributed by atoms with Gasteiger partial charge in [0.25, 0.3) is 5.91 Å². The molecule has 1 aromatic rings. The van der Waals surface area contributed by atoms with Crippen LogP contribution in [0, 0.1) is 8.99 Å². The van der Waals surface area contributed by atoms with E-state index in [-0.39, 0.29) is 11.8 Å². The summed E-state index contributed by atoms with van der Waals surface area (Å²) < 4.78 is 1.09. The fourth-order valence-electron chi connectivity index (χ4n) is 2.11. The molecule has 2 N–H and O–H groups in total. The lowest BCUT2D eigenvalue weighted by atomic mass is 9.89. The van der Waals surface area contributed by atoms with E-state index < -0.39 is 5.41 Å². The standard InChI is InChI=1S/C13H15IN2O2/c1-13(12(15)18)6-7-16(8-13)11(17)9-2-4-10(14)5-3-9/h2-5H,6-8H2,1H3,(H2,15,18). The van der Waals surface area contributed by atoms with Crippen LogP contribution in [0.4, 0.5) is 0 Å². The van der Waals surface area contributed by atoms with Gasteiger partial charge in [-0.05, 0) is 60.2 Å². The number of rotatable bonds is 2. The molecule has 0 bridgehead atoms. The first kappa shape index (κ1) is 13.3. The Morgan fingerprint density at radius 3 is 2.44 bits per heavy atom. The first-order valence-corrected chi connectivity index (χ1v) is 6.85. The number of halogens is 1. The van der Waals surface area contributed by atoms with Gasteiger partial charge in [0.05, 0.1) is 5.41 Å². The summed E-state index contributed by atoms with van der Waals surface area (Å²) in [6.45, 7) is 2.81. The molecule has 1 unspecified atom stereocenters. The number of nitrogens with zero attached hydrogens (tertiary/aromatic N) is 1. The molecule has 0 aromatic heterocycles. The Labute approximate surface area is 120 Å². The maximum atomic E-state index is 12.2. The van der Waals surface area contributed by atoms with Crippen LogP contribution >= 0.6 is 22.6 Å². The number of benzene rings is 1. The molecule has 0 aliphatic carbocycles. The number of nitrogens with two attached hydrogens (primary N) is 1. The minimum atomic E-state index is -0.584. The van der Waals surface area contributed by atoms with E-state index in [1.165, 1.54) is 0 Å². The number of carbonyl (C=O) groups excluding carboxylic acids is 2. The minimum Gasteiger partial charge on any atom is -0.369 e. The molecular formula is C13H15IN2O2. The zero-order valence-electron chi connectivity index (χ0n) is 10.1. The number of carbonyl (C=O) groups is 2. The van der Waals surface area contributed by atoms with Crippen molar-refractivity contribution in [3.8, 4) is 0 Å². The summed E-state index contributed by atoms with van der Waals surface area (Å²) in [7, 11) is 0. The molecule has 18 heavy (non-hydrogen) atoms. The molecule has 0 spiro atoms. The fourth-order valence-corrected chi connectivity index (χ4v) is 2.47. The van der Waals surface area contributed by atoms with Crippen LogP contribution in [0.3, 0.4) is 0 Å². The van der Waals surface area contributed by atoms with Gasteiger partial charge in [0, 0.05) is 22.2 Å². The van der Waals surface area contributed by atoms with Crippen molar-refractivity contribution in [3.05, 3.63) is 33.4 Å². The maximum absolute atomic E-state index is 12.2. The molecule has 1 heterocycles. The van der Waals surface area contributed by atoms with Crippen molar-refractivity contribution >= 4 is 34.4 Å². The van der Waals surface area contributed by atoms with Crippen molar-refractivity contribution in [1.82, 2.24) is 4.90 Å². The Morgan fingerprint density at radius 2 is 1.94 bits per heavy atom. The van der Waals surface area contributed by atoms with E-state index in [1.54, 1.807) is 4.90 Å². The molecule has 1 aliphatic rings. The van der Waals surface area contributed by atoms with Crippen LogP contribution < -0.4 is 5.73 Å². The van der Waals surface area contributed by atoms with Gasteiger partial charge in [-0.25, -0.2) is 0 Å². The summed E-state index contributed by atoms with van der Waals surface area (Å²) in [6.07, 6.45) is 0.637. The molecule has 1 aromatic carbocycles. The first-order chi connectivity index (χ1) is 8.42. The average Bonchev–Trinajstić information content (AvgIpc) is 2.73. The molecule has 1 atom stereocenters. The Morgan fingerprint density at radius 1 is 1.33 bits per heavy atom. The van der Waals surface area contributed by atoms with Gasteiger partial charge in [-0.1, -0.05) is 0 Å². The third-order valence-corrected chi connectivity index (χ3v) is 4.17. The highest BCUT2D eigenvalue weighted by molar-refractivity contribution is 14.1. The Bertz CT molecular complexity index is 486. The van der Waals surface area contributed by atoms with Gasteiger partial charge >= 0.3 is 0 Å². The summed E-state index contributed by atoms with van der Waals surface area (Å²) in [5.41, 5.74) is 5.45. The van der Waals surface area contributed by atoms with Gasteiger partial charge in [0.15, 0.2) is 0 Å². The van der Waals surface area contributed by atoms with E-state index in [4.69, 9.17) is 5.73 Å². The van der Waals surface area contributed by atoms with Crippen molar-refractivity contribution in [2.24, 2.45) is 11.1 Å². The smallest absolute Gasteiger partial charge is 0.253 e. The molecule has 1 fully saturated rings. The van der Waals surface area contributed by atoms with E-state index in [1.807, 2.05) is 31.2 Å². The number of hydrogen-bond acceptors (Lipinski definition) is 2. The zero-order chi connectivity index (χ0) is 13.3. The van der Waals surface area contributed by atoms with Crippen molar-refractivity contribution in [2.75, 3.05) is 13.1 Å². The quantitative estimate of drug-likeness (QED) is 0.817. The Balaban J connectivity index is 2.12. The van der Waals surface area contributed by atoms with E-state index in [0.717, 1.165) is 3.57 Å². The van der Waals surface area contributed by atoms with Crippen LogP contribution in [0.1, 0.15) is 23.7 Å². The second-order valence-corrected chi connectivity index (χ2v) is 6.15. The van der Waals surface area contributed by atoms with E-state index in [9.17, 15) is 9.59 Å². The lowest BCUT2D eigenvalue weighted by Gasteiger charge is -2.21. The highest BCUT2D eigenvalue weighted by atomic mass is 127. The maximum Gasteiger partial charge on any atom is 0.253 e. The fraction of sp³-hybridized carbons (Fsp3) is 0.385. The minimum absolute atomic E-state index is 0.0311. The van der Waals surface area contributed by atoms with Crippen molar-refractivity contribution < 1.29 is 9.59 Å². The van der Waals surface area contributed by atoms with Gasteiger partial charge < -0.3 is 10.6 Å². The molecule has 0 saturated carbocycles. The molecule has 96 valence electrons. The van der Waals surface area contributed by atoms with Crippen LogP contribution in [0.2, 0.25) is 0 Å². The molecule has 0 radical (unpaired) electrons. The lowest BCUT2D eigenvalue weighted by Crippen LogP contribution is -2.38. The molecule has 2 amide bonds. The van der Waals surface area contributed by atoms with Crippen LogP contribution in [0.15, 0.2) is 24.3 Å².